The van der Waals surface area contributed by atoms with Gasteiger partial charge in [0.2, 0.25) is 5.43 Å². The summed E-state index contributed by atoms with van der Waals surface area (Å²) >= 11 is 0. The number of aromatic amines is 1. The second-order valence-electron chi connectivity index (χ2n) is 4.20. The van der Waals surface area contributed by atoms with E-state index in [1.54, 1.807) is 12.1 Å². The monoisotopic (exact) mass is 257 g/mol. The van der Waals surface area contributed by atoms with Crippen LogP contribution < -0.4 is 16.1 Å². The highest BCUT2D eigenvalue weighted by Gasteiger charge is 2.07. The number of pyridine rings is 1. The summed E-state index contributed by atoms with van der Waals surface area (Å²) in [5, 5.41) is 5.62. The van der Waals surface area contributed by atoms with Gasteiger partial charge in [0.25, 0.3) is 0 Å². The van der Waals surface area contributed by atoms with Crippen molar-refractivity contribution >= 4 is 22.6 Å². The fourth-order valence-electron chi connectivity index (χ4n) is 1.76. The first kappa shape index (κ1) is 12.9. The predicted molar refractivity (Wildman–Crippen MR) is 76.5 cm³/mol. The number of aryl methyl sites for hydroxylation is 1. The van der Waals surface area contributed by atoms with Crippen molar-refractivity contribution in [3.63, 3.8) is 0 Å². The zero-order valence-electron chi connectivity index (χ0n) is 10.6. The van der Waals surface area contributed by atoms with Crippen molar-refractivity contribution < 1.29 is 4.79 Å². The Bertz CT molecular complexity index is 689. The van der Waals surface area contributed by atoms with Crippen LogP contribution in [0.4, 0.5) is 10.5 Å². The Morgan fingerprint density at radius 3 is 3.00 bits per heavy atom. The van der Waals surface area contributed by atoms with Gasteiger partial charge in [-0.3, -0.25) is 4.79 Å². The summed E-state index contributed by atoms with van der Waals surface area (Å²) in [5.41, 5.74) is 1.75. The number of H-pyrrole nitrogens is 1. The molecular formula is C14H15N3O2. The second-order valence-corrected chi connectivity index (χ2v) is 4.20. The van der Waals surface area contributed by atoms with Crippen LogP contribution in [-0.4, -0.2) is 17.6 Å². The molecule has 0 aliphatic rings. The molecule has 1 aromatic carbocycles. The Morgan fingerprint density at radius 1 is 1.47 bits per heavy atom. The lowest BCUT2D eigenvalue weighted by molar-refractivity contribution is 0.253. The van der Waals surface area contributed by atoms with E-state index in [0.29, 0.717) is 11.9 Å². The van der Waals surface area contributed by atoms with Gasteiger partial charge in [0.05, 0.1) is 0 Å². The van der Waals surface area contributed by atoms with Crippen LogP contribution in [0.15, 0.2) is 41.8 Å². The molecule has 1 aromatic heterocycles. The molecule has 0 spiro atoms. The number of aromatic nitrogens is 1. The maximum atomic E-state index is 12.2. The van der Waals surface area contributed by atoms with Crippen LogP contribution in [-0.2, 0) is 0 Å². The average Bonchev–Trinajstić information content (AvgIpc) is 2.40. The third-order valence-electron chi connectivity index (χ3n) is 2.69. The van der Waals surface area contributed by atoms with Gasteiger partial charge in [0, 0.05) is 23.6 Å². The number of benzene rings is 1. The fraction of sp³-hybridized carbons (Fsp3) is 0.143. The van der Waals surface area contributed by atoms with E-state index in [9.17, 15) is 9.59 Å². The normalized spacial score (nSPS) is 10.2. The van der Waals surface area contributed by atoms with Gasteiger partial charge in [0.15, 0.2) is 0 Å². The molecule has 0 saturated carbocycles. The van der Waals surface area contributed by atoms with E-state index >= 15 is 0 Å². The molecule has 19 heavy (non-hydrogen) atoms. The number of carbonyl (C=O) groups excluding carboxylic acids is 1. The minimum Gasteiger partial charge on any atom is -0.359 e. The molecule has 0 saturated heterocycles. The first-order valence-corrected chi connectivity index (χ1v) is 5.89. The Kier molecular flexibility index (Phi) is 3.66. The van der Waals surface area contributed by atoms with Crippen molar-refractivity contribution in [2.45, 2.75) is 6.92 Å². The Labute approximate surface area is 110 Å². The van der Waals surface area contributed by atoms with E-state index in [2.05, 4.69) is 22.2 Å². The molecule has 0 aliphatic heterocycles. The van der Waals surface area contributed by atoms with Gasteiger partial charge in [-0.1, -0.05) is 17.7 Å². The van der Waals surface area contributed by atoms with Crippen molar-refractivity contribution in [1.82, 2.24) is 10.3 Å². The van der Waals surface area contributed by atoms with Crippen molar-refractivity contribution in [3.05, 3.63) is 52.8 Å². The van der Waals surface area contributed by atoms with Gasteiger partial charge in [-0.2, -0.15) is 0 Å². The Hall–Kier alpha value is -2.56. The maximum Gasteiger partial charge on any atom is 0.319 e. The molecule has 2 rings (SSSR count). The van der Waals surface area contributed by atoms with Gasteiger partial charge >= 0.3 is 6.03 Å². The third kappa shape index (κ3) is 2.82. The van der Waals surface area contributed by atoms with E-state index in [4.69, 9.17) is 0 Å². The third-order valence-corrected chi connectivity index (χ3v) is 2.69. The number of anilines is 1. The lowest BCUT2D eigenvalue weighted by Gasteiger charge is -2.06. The molecule has 5 nitrogen and oxygen atoms in total. The molecule has 0 unspecified atom stereocenters. The Morgan fingerprint density at radius 2 is 2.26 bits per heavy atom. The highest BCUT2D eigenvalue weighted by molar-refractivity contribution is 5.92. The Balaban J connectivity index is 2.34. The molecule has 1 heterocycles. The van der Waals surface area contributed by atoms with Gasteiger partial charge in [-0.25, -0.2) is 4.79 Å². The smallest absolute Gasteiger partial charge is 0.319 e. The molecule has 2 aromatic rings. The van der Waals surface area contributed by atoms with Crippen molar-refractivity contribution in [3.8, 4) is 0 Å². The highest BCUT2D eigenvalue weighted by atomic mass is 16.2. The number of hydrogen-bond donors (Lipinski definition) is 3. The van der Waals surface area contributed by atoms with Crippen LogP contribution in [0.25, 0.3) is 10.9 Å². The zero-order valence-corrected chi connectivity index (χ0v) is 10.6. The van der Waals surface area contributed by atoms with Crippen LogP contribution in [0.2, 0.25) is 0 Å². The quantitative estimate of drug-likeness (QED) is 0.737. The van der Waals surface area contributed by atoms with E-state index in [-0.39, 0.29) is 11.1 Å². The minimum absolute atomic E-state index is 0.203. The van der Waals surface area contributed by atoms with Crippen molar-refractivity contribution in [2.75, 3.05) is 11.9 Å². The summed E-state index contributed by atoms with van der Waals surface area (Å²) in [6.45, 7) is 5.75. The van der Waals surface area contributed by atoms with Gasteiger partial charge in [-0.05, 0) is 19.1 Å². The van der Waals surface area contributed by atoms with E-state index in [1.807, 2.05) is 19.1 Å². The number of amides is 2. The minimum atomic E-state index is -0.433. The SMILES string of the molecule is C=CCNC(=O)Nc1c[nH]c2ccc(C)cc2c1=O. The average molecular weight is 257 g/mol. The van der Waals surface area contributed by atoms with Gasteiger partial charge < -0.3 is 15.6 Å². The molecule has 2 amide bonds. The number of rotatable bonds is 3. The molecule has 0 aliphatic carbocycles. The van der Waals surface area contributed by atoms with E-state index < -0.39 is 6.03 Å². The largest absolute Gasteiger partial charge is 0.359 e. The first-order valence-electron chi connectivity index (χ1n) is 5.89. The molecule has 98 valence electrons. The van der Waals surface area contributed by atoms with E-state index in [1.165, 1.54) is 6.20 Å². The summed E-state index contributed by atoms with van der Waals surface area (Å²) in [6.07, 6.45) is 3.06. The number of urea groups is 1. The van der Waals surface area contributed by atoms with Crippen molar-refractivity contribution in [2.24, 2.45) is 0 Å². The van der Waals surface area contributed by atoms with Crippen LogP contribution in [0, 0.1) is 6.92 Å². The fourth-order valence-corrected chi connectivity index (χ4v) is 1.76. The molecule has 5 heteroatoms. The summed E-state index contributed by atoms with van der Waals surface area (Å²) in [4.78, 5) is 26.7. The van der Waals surface area contributed by atoms with Crippen LogP contribution in [0.5, 0.6) is 0 Å². The van der Waals surface area contributed by atoms with Crippen LogP contribution in [0.1, 0.15) is 5.56 Å². The zero-order chi connectivity index (χ0) is 13.8. The lowest BCUT2D eigenvalue weighted by Crippen LogP contribution is -2.30. The summed E-state index contributed by atoms with van der Waals surface area (Å²) in [5.74, 6) is 0. The number of hydrogen-bond acceptors (Lipinski definition) is 2. The number of carbonyl (C=O) groups is 1. The number of nitrogens with one attached hydrogen (secondary N) is 3. The van der Waals surface area contributed by atoms with Crippen LogP contribution >= 0.6 is 0 Å². The van der Waals surface area contributed by atoms with Gasteiger partial charge in [0.1, 0.15) is 5.69 Å². The molecule has 0 atom stereocenters. The molecule has 0 radical (unpaired) electrons. The predicted octanol–water partition coefficient (Wildman–Crippen LogP) is 2.14. The first-order chi connectivity index (χ1) is 9.11. The molecule has 0 fully saturated rings. The van der Waals surface area contributed by atoms with Crippen molar-refractivity contribution in [1.29, 1.82) is 0 Å². The summed E-state index contributed by atoms with van der Waals surface area (Å²) in [7, 11) is 0. The maximum absolute atomic E-state index is 12.2. The van der Waals surface area contributed by atoms with Crippen LogP contribution in [0.3, 0.4) is 0 Å². The molecule has 3 N–H and O–H groups in total. The standard InChI is InChI=1S/C14H15N3O2/c1-3-6-15-14(19)17-12-8-16-11-5-4-9(2)7-10(11)13(12)18/h3-5,7-8H,1,6H2,2H3,(H,16,18)(H2,15,17,19). The second kappa shape index (κ2) is 5.39. The topological polar surface area (TPSA) is 74.0 Å². The molecule has 0 bridgehead atoms. The molecular weight excluding hydrogens is 242 g/mol. The van der Waals surface area contributed by atoms with E-state index in [0.717, 1.165) is 11.1 Å². The lowest BCUT2D eigenvalue weighted by atomic mass is 10.1. The summed E-state index contributed by atoms with van der Waals surface area (Å²) in [6, 6.07) is 5.12. The number of fused-ring (bicyclic) bond motifs is 1. The summed E-state index contributed by atoms with van der Waals surface area (Å²) < 4.78 is 0. The van der Waals surface area contributed by atoms with Gasteiger partial charge in [-0.15, -0.1) is 6.58 Å². The highest BCUT2D eigenvalue weighted by Crippen LogP contribution is 2.12.